The molecule has 0 radical (unpaired) electrons. The van der Waals surface area contributed by atoms with Crippen molar-refractivity contribution in [2.75, 3.05) is 7.11 Å². The quantitative estimate of drug-likeness (QED) is 0.695. The molecular weight excluding hydrogens is 174 g/mol. The van der Waals surface area contributed by atoms with Crippen LogP contribution in [-0.4, -0.2) is 23.2 Å². The molecule has 0 unspecified atom stereocenters. The monoisotopic (exact) mass is 183 g/mol. The molecule has 70 valence electrons. The number of hydrogen-bond acceptors (Lipinski definition) is 3. The van der Waals surface area contributed by atoms with E-state index in [0.29, 0.717) is 5.69 Å². The lowest BCUT2D eigenvalue weighted by Crippen LogP contribution is -2.17. The van der Waals surface area contributed by atoms with Gasteiger partial charge in [-0.2, -0.15) is 0 Å². The molecule has 1 rings (SSSR count). The molecule has 0 aliphatic heterocycles. The Morgan fingerprint density at radius 1 is 1.62 bits per heavy atom. The van der Waals surface area contributed by atoms with Crippen LogP contribution in [0.3, 0.4) is 0 Å². The molecule has 2 N–H and O–H groups in total. The number of aromatic amines is 1. The van der Waals surface area contributed by atoms with Gasteiger partial charge in [0.1, 0.15) is 5.56 Å². The van der Waals surface area contributed by atoms with Crippen LogP contribution in [0.1, 0.15) is 16.1 Å². The number of aromatic carboxylic acids is 1. The normalized spacial score (nSPS) is 9.69. The van der Waals surface area contributed by atoms with E-state index >= 15 is 0 Å². The van der Waals surface area contributed by atoms with E-state index in [-0.39, 0.29) is 11.3 Å². The average Bonchev–Trinajstić information content (AvgIpc) is 2.04. The van der Waals surface area contributed by atoms with Crippen molar-refractivity contribution >= 4 is 5.97 Å². The summed E-state index contributed by atoms with van der Waals surface area (Å²) < 4.78 is 4.76. The molecule has 0 spiro atoms. The maximum atomic E-state index is 11.3. The predicted molar refractivity (Wildman–Crippen MR) is 45.3 cm³/mol. The van der Waals surface area contributed by atoms with E-state index in [1.807, 2.05) is 0 Å². The molecule has 0 amide bonds. The van der Waals surface area contributed by atoms with Crippen LogP contribution in [0, 0.1) is 6.92 Å². The fourth-order valence-electron chi connectivity index (χ4n) is 1.01. The molecule has 0 aliphatic rings. The molecule has 1 aromatic heterocycles. The number of pyridine rings is 1. The number of methoxy groups -OCH3 is 1. The van der Waals surface area contributed by atoms with E-state index in [1.165, 1.54) is 7.11 Å². The molecule has 1 heterocycles. The van der Waals surface area contributed by atoms with E-state index < -0.39 is 11.4 Å². The lowest BCUT2D eigenvalue weighted by Gasteiger charge is -2.03. The molecule has 5 heteroatoms. The van der Waals surface area contributed by atoms with Crippen LogP contribution in [0.4, 0.5) is 0 Å². The van der Waals surface area contributed by atoms with E-state index in [0.717, 1.165) is 6.20 Å². The predicted octanol–water partition coefficient (Wildman–Crippen LogP) is 0.390. The standard InChI is InChI=1S/C8H9NO4/c1-4-7(13-2)6(10)5(3-9-4)8(11)12/h3H,1-2H3,(H,9,10)(H,11,12). The van der Waals surface area contributed by atoms with E-state index in [2.05, 4.69) is 4.98 Å². The van der Waals surface area contributed by atoms with Crippen molar-refractivity contribution in [2.24, 2.45) is 0 Å². The SMILES string of the molecule is COc1c(C)[nH]cc(C(=O)O)c1=O. The van der Waals surface area contributed by atoms with Gasteiger partial charge in [-0.1, -0.05) is 0 Å². The number of nitrogens with one attached hydrogen (secondary N) is 1. The van der Waals surface area contributed by atoms with E-state index in [9.17, 15) is 9.59 Å². The van der Waals surface area contributed by atoms with E-state index in [1.54, 1.807) is 6.92 Å². The van der Waals surface area contributed by atoms with Crippen LogP contribution in [0.2, 0.25) is 0 Å². The number of ether oxygens (including phenoxy) is 1. The summed E-state index contributed by atoms with van der Waals surface area (Å²) in [5.74, 6) is -1.22. The summed E-state index contributed by atoms with van der Waals surface area (Å²) >= 11 is 0. The fraction of sp³-hybridized carbons (Fsp3) is 0.250. The van der Waals surface area contributed by atoms with Crippen LogP contribution >= 0.6 is 0 Å². The first kappa shape index (κ1) is 9.31. The third-order valence-electron chi connectivity index (χ3n) is 1.66. The summed E-state index contributed by atoms with van der Waals surface area (Å²) in [6, 6.07) is 0. The second-order valence-corrected chi connectivity index (χ2v) is 2.49. The number of hydrogen-bond donors (Lipinski definition) is 2. The van der Waals surface area contributed by atoms with Gasteiger partial charge in [-0.05, 0) is 6.92 Å². The Hall–Kier alpha value is -1.78. The van der Waals surface area contributed by atoms with Crippen molar-refractivity contribution in [2.45, 2.75) is 6.92 Å². The highest BCUT2D eigenvalue weighted by atomic mass is 16.5. The van der Waals surface area contributed by atoms with Crippen LogP contribution in [0.5, 0.6) is 5.75 Å². The van der Waals surface area contributed by atoms with Crippen molar-refractivity contribution in [3.05, 3.63) is 27.7 Å². The molecule has 0 bridgehead atoms. The van der Waals surface area contributed by atoms with Crippen molar-refractivity contribution < 1.29 is 14.6 Å². The van der Waals surface area contributed by atoms with Gasteiger partial charge >= 0.3 is 5.97 Å². The zero-order valence-electron chi connectivity index (χ0n) is 7.25. The molecule has 0 aliphatic carbocycles. The Morgan fingerprint density at radius 2 is 2.23 bits per heavy atom. The van der Waals surface area contributed by atoms with Gasteiger partial charge in [-0.3, -0.25) is 4.79 Å². The maximum Gasteiger partial charge on any atom is 0.341 e. The van der Waals surface area contributed by atoms with Gasteiger partial charge in [0.05, 0.1) is 12.8 Å². The summed E-state index contributed by atoms with van der Waals surface area (Å²) in [7, 11) is 1.32. The van der Waals surface area contributed by atoms with Gasteiger partial charge in [0.2, 0.25) is 5.43 Å². The van der Waals surface area contributed by atoms with Gasteiger partial charge in [-0.25, -0.2) is 4.79 Å². The summed E-state index contributed by atoms with van der Waals surface area (Å²) in [5.41, 5.74) is -0.411. The molecule has 5 nitrogen and oxygen atoms in total. The summed E-state index contributed by atoms with van der Waals surface area (Å²) in [6.45, 7) is 1.63. The van der Waals surface area contributed by atoms with Gasteiger partial charge in [0.25, 0.3) is 0 Å². The Morgan fingerprint density at radius 3 is 2.69 bits per heavy atom. The van der Waals surface area contributed by atoms with Gasteiger partial charge in [0, 0.05) is 6.20 Å². The van der Waals surface area contributed by atoms with Crippen molar-refractivity contribution in [1.82, 2.24) is 4.98 Å². The Bertz CT molecular complexity index is 394. The minimum Gasteiger partial charge on any atom is -0.491 e. The minimum absolute atomic E-state index is 0.0416. The first-order valence-electron chi connectivity index (χ1n) is 3.57. The van der Waals surface area contributed by atoms with Crippen LogP contribution in [-0.2, 0) is 0 Å². The largest absolute Gasteiger partial charge is 0.491 e. The van der Waals surface area contributed by atoms with Crippen molar-refractivity contribution in [3.8, 4) is 5.75 Å². The smallest absolute Gasteiger partial charge is 0.341 e. The van der Waals surface area contributed by atoms with E-state index in [4.69, 9.17) is 9.84 Å². The number of carboxylic acids is 1. The lowest BCUT2D eigenvalue weighted by molar-refractivity contribution is 0.0694. The molecule has 0 aromatic carbocycles. The summed E-state index contributed by atoms with van der Waals surface area (Å²) in [5, 5.41) is 8.60. The summed E-state index contributed by atoms with van der Waals surface area (Å²) in [6.07, 6.45) is 1.16. The first-order chi connectivity index (χ1) is 6.07. The third kappa shape index (κ3) is 1.53. The highest BCUT2D eigenvalue weighted by Crippen LogP contribution is 2.08. The maximum absolute atomic E-state index is 11.3. The second-order valence-electron chi connectivity index (χ2n) is 2.49. The zero-order chi connectivity index (χ0) is 10.0. The summed E-state index contributed by atoms with van der Waals surface area (Å²) in [4.78, 5) is 24.5. The first-order valence-corrected chi connectivity index (χ1v) is 3.57. The molecular formula is C8H9NO4. The molecule has 1 aromatic rings. The Labute approximate surface area is 74.0 Å². The van der Waals surface area contributed by atoms with Crippen LogP contribution < -0.4 is 10.2 Å². The fourth-order valence-corrected chi connectivity index (χ4v) is 1.01. The minimum atomic E-state index is -1.26. The number of H-pyrrole nitrogens is 1. The third-order valence-corrected chi connectivity index (χ3v) is 1.66. The highest BCUT2D eigenvalue weighted by Gasteiger charge is 2.13. The Balaban J connectivity index is 3.45. The lowest BCUT2D eigenvalue weighted by atomic mass is 10.2. The molecule has 13 heavy (non-hydrogen) atoms. The van der Waals surface area contributed by atoms with Crippen molar-refractivity contribution in [3.63, 3.8) is 0 Å². The molecule has 0 fully saturated rings. The molecule has 0 saturated heterocycles. The zero-order valence-corrected chi connectivity index (χ0v) is 7.25. The van der Waals surface area contributed by atoms with Gasteiger partial charge in [0.15, 0.2) is 5.75 Å². The molecule has 0 saturated carbocycles. The van der Waals surface area contributed by atoms with Crippen LogP contribution in [0.15, 0.2) is 11.0 Å². The number of aromatic nitrogens is 1. The van der Waals surface area contributed by atoms with Crippen molar-refractivity contribution in [1.29, 1.82) is 0 Å². The number of carbonyl (C=O) groups is 1. The highest BCUT2D eigenvalue weighted by molar-refractivity contribution is 5.87. The number of carboxylic acid groups (broad SMARTS) is 1. The molecule has 0 atom stereocenters. The number of rotatable bonds is 2. The average molecular weight is 183 g/mol. The number of aryl methyl sites for hydroxylation is 1. The van der Waals surface area contributed by atoms with Gasteiger partial charge in [-0.15, -0.1) is 0 Å². The Kier molecular flexibility index (Phi) is 2.36. The van der Waals surface area contributed by atoms with Gasteiger partial charge < -0.3 is 14.8 Å². The van der Waals surface area contributed by atoms with Crippen LogP contribution in [0.25, 0.3) is 0 Å². The second kappa shape index (κ2) is 3.30. The topological polar surface area (TPSA) is 79.4 Å².